The van der Waals surface area contributed by atoms with Gasteiger partial charge in [0.25, 0.3) is 0 Å². The van der Waals surface area contributed by atoms with Gasteiger partial charge in [0.05, 0.1) is 19.3 Å². The van der Waals surface area contributed by atoms with Gasteiger partial charge < -0.3 is 9.47 Å². The minimum atomic E-state index is -3.58. The van der Waals surface area contributed by atoms with Crippen molar-refractivity contribution < 1.29 is 17.9 Å². The molecule has 4 rings (SSSR count). The second-order valence-corrected chi connectivity index (χ2v) is 8.99. The summed E-state index contributed by atoms with van der Waals surface area (Å²) in [6.45, 7) is 2.92. The molecular weight excluding hydrogens is 366 g/mol. The molecule has 27 heavy (non-hydrogen) atoms. The lowest BCUT2D eigenvalue weighted by Gasteiger charge is -2.33. The zero-order valence-corrected chi connectivity index (χ0v) is 16.4. The molecule has 1 aliphatic carbocycles. The number of hydrogen-bond donors (Lipinski definition) is 0. The maximum Gasteiger partial charge on any atom is 0.246 e. The molecule has 1 saturated heterocycles. The first kappa shape index (κ1) is 18.3. The molecule has 1 aliphatic heterocycles. The van der Waals surface area contributed by atoms with E-state index in [1.54, 1.807) is 22.3 Å². The third-order valence-corrected chi connectivity index (χ3v) is 7.58. The summed E-state index contributed by atoms with van der Waals surface area (Å²) < 4.78 is 41.1. The van der Waals surface area contributed by atoms with Crippen molar-refractivity contribution in [2.75, 3.05) is 13.7 Å². The highest BCUT2D eigenvalue weighted by Crippen LogP contribution is 2.45. The first-order valence-corrected chi connectivity index (χ1v) is 10.8. The largest absolute Gasteiger partial charge is 0.497 e. The number of methoxy groups -OCH3 is 1. The molecule has 0 spiro atoms. The van der Waals surface area contributed by atoms with Crippen LogP contribution in [0.5, 0.6) is 11.5 Å². The van der Waals surface area contributed by atoms with Crippen LogP contribution >= 0.6 is 0 Å². The van der Waals surface area contributed by atoms with Crippen molar-refractivity contribution in [3.05, 3.63) is 36.7 Å². The van der Waals surface area contributed by atoms with E-state index in [1.165, 1.54) is 6.20 Å². The topological polar surface area (TPSA) is 73.7 Å². The molecule has 1 aromatic carbocycles. The van der Waals surface area contributed by atoms with Gasteiger partial charge in [0.2, 0.25) is 10.0 Å². The van der Waals surface area contributed by atoms with E-state index in [0.717, 1.165) is 25.0 Å². The first-order valence-electron chi connectivity index (χ1n) is 9.35. The maximum absolute atomic E-state index is 13.3. The Morgan fingerprint density at radius 3 is 2.81 bits per heavy atom. The minimum absolute atomic E-state index is 0.0592. The van der Waals surface area contributed by atoms with Gasteiger partial charge in [-0.1, -0.05) is 6.07 Å². The molecule has 0 amide bonds. The minimum Gasteiger partial charge on any atom is -0.497 e. The number of sulfonamides is 1. The van der Waals surface area contributed by atoms with Gasteiger partial charge in [0, 0.05) is 24.8 Å². The lowest BCUT2D eigenvalue weighted by Crippen LogP contribution is -2.47. The maximum atomic E-state index is 13.3. The van der Waals surface area contributed by atoms with Crippen LogP contribution in [0.2, 0.25) is 0 Å². The normalized spacial score (nSPS) is 25.0. The molecule has 146 valence electrons. The van der Waals surface area contributed by atoms with Crippen molar-refractivity contribution in [1.29, 1.82) is 0 Å². The van der Waals surface area contributed by atoms with Crippen LogP contribution in [-0.2, 0) is 16.6 Å². The van der Waals surface area contributed by atoms with Crippen LogP contribution in [-0.4, -0.2) is 48.3 Å². The number of benzene rings is 1. The van der Waals surface area contributed by atoms with E-state index in [2.05, 4.69) is 5.10 Å². The highest BCUT2D eigenvalue weighted by Gasteiger charge is 2.52. The Hall–Kier alpha value is -2.06. The highest BCUT2D eigenvalue weighted by atomic mass is 32.2. The van der Waals surface area contributed by atoms with Crippen molar-refractivity contribution in [1.82, 2.24) is 14.1 Å². The van der Waals surface area contributed by atoms with Crippen molar-refractivity contribution in [3.8, 4) is 11.5 Å². The van der Waals surface area contributed by atoms with Gasteiger partial charge in [0.1, 0.15) is 23.0 Å². The number of rotatable bonds is 7. The van der Waals surface area contributed by atoms with Crippen molar-refractivity contribution in [2.24, 2.45) is 5.92 Å². The first-order chi connectivity index (χ1) is 13.0. The number of ether oxygens (including phenoxy) is 2. The van der Waals surface area contributed by atoms with E-state index in [0.29, 0.717) is 24.8 Å². The van der Waals surface area contributed by atoms with Gasteiger partial charge in [-0.25, -0.2) is 8.42 Å². The molecule has 0 radical (unpaired) electrons. The Bertz CT molecular complexity index is 911. The van der Waals surface area contributed by atoms with Gasteiger partial charge in [-0.2, -0.15) is 9.40 Å². The average molecular weight is 391 g/mol. The van der Waals surface area contributed by atoms with E-state index in [4.69, 9.17) is 9.47 Å². The van der Waals surface area contributed by atoms with Crippen LogP contribution in [0.1, 0.15) is 26.2 Å². The molecule has 2 heterocycles. The molecule has 2 fully saturated rings. The molecular formula is C19H25N3O4S. The van der Waals surface area contributed by atoms with Crippen LogP contribution in [0, 0.1) is 5.92 Å². The quantitative estimate of drug-likeness (QED) is 0.725. The summed E-state index contributed by atoms with van der Waals surface area (Å²) in [7, 11) is -1.97. The highest BCUT2D eigenvalue weighted by molar-refractivity contribution is 7.89. The van der Waals surface area contributed by atoms with E-state index in [1.807, 2.05) is 31.2 Å². The van der Waals surface area contributed by atoms with E-state index in [-0.39, 0.29) is 17.0 Å². The van der Waals surface area contributed by atoms with Gasteiger partial charge in [-0.15, -0.1) is 0 Å². The molecule has 2 bridgehead atoms. The summed E-state index contributed by atoms with van der Waals surface area (Å²) in [5.74, 6) is 1.75. The molecule has 3 atom stereocenters. The van der Waals surface area contributed by atoms with E-state index < -0.39 is 10.0 Å². The zero-order chi connectivity index (χ0) is 19.0. The van der Waals surface area contributed by atoms with Crippen molar-refractivity contribution in [2.45, 2.75) is 49.7 Å². The van der Waals surface area contributed by atoms with Gasteiger partial charge in [0.15, 0.2) is 0 Å². The third kappa shape index (κ3) is 3.32. The summed E-state index contributed by atoms with van der Waals surface area (Å²) in [6.07, 6.45) is 5.94. The van der Waals surface area contributed by atoms with E-state index in [9.17, 15) is 8.42 Å². The molecule has 0 unspecified atom stereocenters. The van der Waals surface area contributed by atoms with Crippen LogP contribution < -0.4 is 9.47 Å². The smallest absolute Gasteiger partial charge is 0.246 e. The Morgan fingerprint density at radius 1 is 1.26 bits per heavy atom. The molecule has 8 heteroatoms. The predicted octanol–water partition coefficient (Wildman–Crippen LogP) is 2.53. The van der Waals surface area contributed by atoms with Crippen molar-refractivity contribution >= 4 is 10.0 Å². The Balaban J connectivity index is 1.55. The van der Waals surface area contributed by atoms with Gasteiger partial charge in [-0.3, -0.25) is 4.68 Å². The molecule has 1 aromatic heterocycles. The number of aryl methyl sites for hydroxylation is 1. The number of hydrogen-bond acceptors (Lipinski definition) is 5. The molecule has 2 aromatic rings. The van der Waals surface area contributed by atoms with Crippen LogP contribution in [0.25, 0.3) is 0 Å². The number of nitrogens with zero attached hydrogens (tertiary/aromatic N) is 3. The lowest BCUT2D eigenvalue weighted by molar-refractivity contribution is 0.162. The van der Waals surface area contributed by atoms with Crippen LogP contribution in [0.4, 0.5) is 0 Å². The summed E-state index contributed by atoms with van der Waals surface area (Å²) in [6, 6.07) is 7.31. The van der Waals surface area contributed by atoms with E-state index >= 15 is 0 Å². The lowest BCUT2D eigenvalue weighted by atomic mass is 10.0. The number of fused-ring (bicyclic) bond motifs is 2. The third-order valence-electron chi connectivity index (χ3n) is 5.65. The number of aromatic nitrogens is 2. The average Bonchev–Trinajstić information content (AvgIpc) is 3.41. The predicted molar refractivity (Wildman–Crippen MR) is 100 cm³/mol. The van der Waals surface area contributed by atoms with Gasteiger partial charge >= 0.3 is 0 Å². The standard InChI is InChI=1S/C19H25N3O4S/c1-3-21-12-18(11-20-21)27(23,24)22-15-8-7-14(9-15)19(22)13-26-17-6-4-5-16(10-17)25-2/h4-6,10-12,14-15,19H,3,7-9,13H2,1-2H3/t14-,15-,19+/m1/s1. The second-order valence-electron chi connectivity index (χ2n) is 7.15. The van der Waals surface area contributed by atoms with Crippen LogP contribution in [0.15, 0.2) is 41.6 Å². The fourth-order valence-electron chi connectivity index (χ4n) is 4.28. The second kappa shape index (κ2) is 7.16. The summed E-state index contributed by atoms with van der Waals surface area (Å²) in [5.41, 5.74) is 0. The van der Waals surface area contributed by atoms with Crippen LogP contribution in [0.3, 0.4) is 0 Å². The fourth-order valence-corrected chi connectivity index (χ4v) is 6.13. The number of piperidine rings is 1. The SMILES string of the molecule is CCn1cc(S(=O)(=O)N2[C@@H]3CC[C@H](C3)[C@@H]2COc2cccc(OC)c2)cn1. The Kier molecular flexibility index (Phi) is 4.86. The zero-order valence-electron chi connectivity index (χ0n) is 15.6. The molecule has 1 saturated carbocycles. The summed E-state index contributed by atoms with van der Waals surface area (Å²) in [4.78, 5) is 0.267. The summed E-state index contributed by atoms with van der Waals surface area (Å²) in [5, 5.41) is 4.14. The molecule has 7 nitrogen and oxygen atoms in total. The Morgan fingerprint density at radius 2 is 2.07 bits per heavy atom. The summed E-state index contributed by atoms with van der Waals surface area (Å²) >= 11 is 0. The molecule has 2 aliphatic rings. The van der Waals surface area contributed by atoms with Crippen molar-refractivity contribution in [3.63, 3.8) is 0 Å². The van der Waals surface area contributed by atoms with Gasteiger partial charge in [-0.05, 0) is 44.2 Å². The molecule has 0 N–H and O–H groups in total. The fraction of sp³-hybridized carbons (Fsp3) is 0.526. The monoisotopic (exact) mass is 391 g/mol. The Labute approximate surface area is 159 Å².